The minimum atomic E-state index is -3.41. The zero-order chi connectivity index (χ0) is 15.3. The van der Waals surface area contributed by atoms with Crippen molar-refractivity contribution in [2.75, 3.05) is 33.8 Å². The molecule has 0 saturated carbocycles. The van der Waals surface area contributed by atoms with E-state index in [0.717, 1.165) is 32.4 Å². The minimum absolute atomic E-state index is 0.284. The zero-order valence-corrected chi connectivity index (χ0v) is 13.5. The second kappa shape index (κ2) is 7.24. The molecule has 1 fully saturated rings. The molecule has 0 spiro atoms. The van der Waals surface area contributed by atoms with Crippen LogP contribution in [0.25, 0.3) is 0 Å². The van der Waals surface area contributed by atoms with Crippen molar-refractivity contribution in [3.63, 3.8) is 0 Å². The second-order valence-corrected chi connectivity index (χ2v) is 7.38. The third-order valence-electron chi connectivity index (χ3n) is 4.05. The maximum atomic E-state index is 12.2. The third-order valence-corrected chi connectivity index (χ3v) is 5.53. The lowest BCUT2D eigenvalue weighted by atomic mass is 9.94. The monoisotopic (exact) mass is 312 g/mol. The van der Waals surface area contributed by atoms with Crippen LogP contribution in [0.1, 0.15) is 19.3 Å². The van der Waals surface area contributed by atoms with Crippen LogP contribution in [0.4, 0.5) is 0 Å². The summed E-state index contributed by atoms with van der Waals surface area (Å²) in [5, 5.41) is 0. The van der Waals surface area contributed by atoms with Gasteiger partial charge in [0, 0.05) is 6.54 Å². The van der Waals surface area contributed by atoms with Crippen molar-refractivity contribution in [2.45, 2.75) is 24.2 Å². The van der Waals surface area contributed by atoms with Gasteiger partial charge in [-0.3, -0.25) is 0 Å². The van der Waals surface area contributed by atoms with Gasteiger partial charge >= 0.3 is 0 Å². The van der Waals surface area contributed by atoms with Crippen LogP contribution in [-0.4, -0.2) is 47.1 Å². The van der Waals surface area contributed by atoms with Crippen LogP contribution in [0, 0.1) is 5.92 Å². The predicted octanol–water partition coefficient (Wildman–Crippen LogP) is 1.71. The third kappa shape index (κ3) is 4.69. The van der Waals surface area contributed by atoms with Crippen molar-refractivity contribution in [3.8, 4) is 5.75 Å². The van der Waals surface area contributed by atoms with Gasteiger partial charge in [-0.15, -0.1) is 0 Å². The average Bonchev–Trinajstić information content (AvgIpc) is 2.49. The molecule has 1 aliphatic heterocycles. The van der Waals surface area contributed by atoms with Gasteiger partial charge in [-0.1, -0.05) is 0 Å². The van der Waals surface area contributed by atoms with Gasteiger partial charge in [0.2, 0.25) is 10.0 Å². The molecule has 0 radical (unpaired) electrons. The molecule has 1 N–H and O–H groups in total. The van der Waals surface area contributed by atoms with Gasteiger partial charge in [0.15, 0.2) is 0 Å². The molecule has 1 aliphatic rings. The maximum absolute atomic E-state index is 12.2. The summed E-state index contributed by atoms with van der Waals surface area (Å²) >= 11 is 0. The summed E-state index contributed by atoms with van der Waals surface area (Å²) in [5.74, 6) is 1.28. The number of sulfonamides is 1. The molecule has 21 heavy (non-hydrogen) atoms. The van der Waals surface area contributed by atoms with Gasteiger partial charge < -0.3 is 9.64 Å². The summed E-state index contributed by atoms with van der Waals surface area (Å²) < 4.78 is 32.1. The lowest BCUT2D eigenvalue weighted by Gasteiger charge is -2.28. The fourth-order valence-corrected chi connectivity index (χ4v) is 3.63. The van der Waals surface area contributed by atoms with Crippen LogP contribution in [0.3, 0.4) is 0 Å². The molecule has 0 aliphatic carbocycles. The summed E-state index contributed by atoms with van der Waals surface area (Å²) in [6.45, 7) is 2.72. The van der Waals surface area contributed by atoms with E-state index in [4.69, 9.17) is 4.74 Å². The lowest BCUT2D eigenvalue weighted by molar-refractivity contribution is 0.213. The number of methoxy groups -OCH3 is 1. The molecule has 0 amide bonds. The van der Waals surface area contributed by atoms with Crippen molar-refractivity contribution in [1.29, 1.82) is 0 Å². The Morgan fingerprint density at radius 3 is 2.43 bits per heavy atom. The number of nitrogens with one attached hydrogen (secondary N) is 1. The van der Waals surface area contributed by atoms with Crippen LogP contribution in [0.15, 0.2) is 29.2 Å². The molecule has 118 valence electrons. The SMILES string of the molecule is COc1ccc(S(=O)(=O)NCCC2CCN(C)CC2)cc1. The molecule has 2 rings (SSSR count). The molecule has 0 bridgehead atoms. The highest BCUT2D eigenvalue weighted by Crippen LogP contribution is 2.19. The average molecular weight is 312 g/mol. The molecule has 0 atom stereocenters. The van der Waals surface area contributed by atoms with Crippen LogP contribution in [-0.2, 0) is 10.0 Å². The Labute approximate surface area is 127 Å². The van der Waals surface area contributed by atoms with Crippen molar-refractivity contribution < 1.29 is 13.2 Å². The van der Waals surface area contributed by atoms with Crippen LogP contribution < -0.4 is 9.46 Å². The van der Waals surface area contributed by atoms with E-state index in [1.807, 2.05) is 0 Å². The summed E-state index contributed by atoms with van der Waals surface area (Å²) in [6.07, 6.45) is 3.21. The number of ether oxygens (including phenoxy) is 1. The zero-order valence-electron chi connectivity index (χ0n) is 12.7. The van der Waals surface area contributed by atoms with Crippen molar-refractivity contribution in [3.05, 3.63) is 24.3 Å². The number of piperidine rings is 1. The largest absolute Gasteiger partial charge is 0.497 e. The highest BCUT2D eigenvalue weighted by molar-refractivity contribution is 7.89. The van der Waals surface area contributed by atoms with Gasteiger partial charge in [0.25, 0.3) is 0 Å². The van der Waals surface area contributed by atoms with E-state index in [9.17, 15) is 8.42 Å². The first-order valence-corrected chi connectivity index (χ1v) is 8.82. The molecule has 1 heterocycles. The molecule has 1 aromatic carbocycles. The maximum Gasteiger partial charge on any atom is 0.240 e. The standard InChI is InChI=1S/C15H24N2O3S/c1-17-11-8-13(9-12-17)7-10-16-21(18,19)15-5-3-14(20-2)4-6-15/h3-6,13,16H,7-12H2,1-2H3. The van der Waals surface area contributed by atoms with Crippen molar-refractivity contribution in [2.24, 2.45) is 5.92 Å². The van der Waals surface area contributed by atoms with E-state index in [1.54, 1.807) is 31.4 Å². The van der Waals surface area contributed by atoms with E-state index >= 15 is 0 Å². The van der Waals surface area contributed by atoms with E-state index in [2.05, 4.69) is 16.7 Å². The normalized spacial score (nSPS) is 17.8. The number of nitrogens with zero attached hydrogens (tertiary/aromatic N) is 1. The molecule has 0 aromatic heterocycles. The summed E-state index contributed by atoms with van der Waals surface area (Å²) in [6, 6.07) is 6.45. The molecular weight excluding hydrogens is 288 g/mol. The topological polar surface area (TPSA) is 58.6 Å². The summed E-state index contributed by atoms with van der Waals surface area (Å²) in [7, 11) is 0.274. The Balaban J connectivity index is 1.83. The Morgan fingerprint density at radius 2 is 1.86 bits per heavy atom. The van der Waals surface area contributed by atoms with Crippen LogP contribution >= 0.6 is 0 Å². The smallest absolute Gasteiger partial charge is 0.240 e. The molecular formula is C15H24N2O3S. The van der Waals surface area contributed by atoms with Gasteiger partial charge in [0.1, 0.15) is 5.75 Å². The highest BCUT2D eigenvalue weighted by atomic mass is 32.2. The van der Waals surface area contributed by atoms with E-state index < -0.39 is 10.0 Å². The predicted molar refractivity (Wildman–Crippen MR) is 83.0 cm³/mol. The number of likely N-dealkylation sites (tertiary alicyclic amines) is 1. The van der Waals surface area contributed by atoms with Crippen molar-refractivity contribution >= 4 is 10.0 Å². The lowest BCUT2D eigenvalue weighted by Crippen LogP contribution is -2.32. The molecule has 5 nitrogen and oxygen atoms in total. The second-order valence-electron chi connectivity index (χ2n) is 5.61. The van der Waals surface area contributed by atoms with Crippen molar-refractivity contribution in [1.82, 2.24) is 9.62 Å². The fraction of sp³-hybridized carbons (Fsp3) is 0.600. The van der Waals surface area contributed by atoms with Crippen LogP contribution in [0.2, 0.25) is 0 Å². The summed E-state index contributed by atoms with van der Waals surface area (Å²) in [4.78, 5) is 2.60. The van der Waals surface area contributed by atoms with Gasteiger partial charge in [-0.05, 0) is 69.6 Å². The Morgan fingerprint density at radius 1 is 1.24 bits per heavy atom. The minimum Gasteiger partial charge on any atom is -0.497 e. The van der Waals surface area contributed by atoms with Crippen LogP contribution in [0.5, 0.6) is 5.75 Å². The Bertz CT molecular complexity index is 535. The molecule has 1 saturated heterocycles. The Kier molecular flexibility index (Phi) is 5.61. The highest BCUT2D eigenvalue weighted by Gasteiger charge is 2.18. The number of hydrogen-bond acceptors (Lipinski definition) is 4. The molecule has 6 heteroatoms. The summed E-state index contributed by atoms with van der Waals surface area (Å²) in [5.41, 5.74) is 0. The van der Waals surface area contributed by atoms with Gasteiger partial charge in [0.05, 0.1) is 12.0 Å². The van der Waals surface area contributed by atoms with E-state index in [1.165, 1.54) is 0 Å². The van der Waals surface area contributed by atoms with Gasteiger partial charge in [-0.25, -0.2) is 13.1 Å². The Hall–Kier alpha value is -1.11. The molecule has 0 unspecified atom stereocenters. The quantitative estimate of drug-likeness (QED) is 0.869. The number of benzene rings is 1. The molecule has 1 aromatic rings. The first-order chi connectivity index (χ1) is 10.0. The fourth-order valence-electron chi connectivity index (χ4n) is 2.59. The first-order valence-electron chi connectivity index (χ1n) is 7.33. The van der Waals surface area contributed by atoms with Gasteiger partial charge in [-0.2, -0.15) is 0 Å². The first kappa shape index (κ1) is 16.3. The van der Waals surface area contributed by atoms with E-state index in [0.29, 0.717) is 18.2 Å². The number of hydrogen-bond donors (Lipinski definition) is 1. The number of rotatable bonds is 6. The van der Waals surface area contributed by atoms with E-state index in [-0.39, 0.29) is 4.90 Å².